The SMILES string of the molecule is CCC1C2CNCC2CN1C(=O)C1CCOC1. The zero-order valence-corrected chi connectivity index (χ0v) is 10.5. The van der Waals surface area contributed by atoms with E-state index in [0.29, 0.717) is 30.4 Å². The molecule has 0 bridgehead atoms. The molecular weight excluding hydrogens is 216 g/mol. The third kappa shape index (κ3) is 1.87. The lowest BCUT2D eigenvalue weighted by Gasteiger charge is -2.28. The standard InChI is InChI=1S/C13H22N2O2/c1-2-12-11-6-14-5-10(11)7-15(12)13(16)9-3-4-17-8-9/h9-12,14H,2-8H2,1H3. The predicted octanol–water partition coefficient (Wildman–Crippen LogP) is 0.479. The van der Waals surface area contributed by atoms with Gasteiger partial charge in [0.25, 0.3) is 0 Å². The Morgan fingerprint density at radius 1 is 1.47 bits per heavy atom. The van der Waals surface area contributed by atoms with Gasteiger partial charge < -0.3 is 15.0 Å². The fourth-order valence-corrected chi connectivity index (χ4v) is 3.76. The van der Waals surface area contributed by atoms with Crippen LogP contribution in [0.1, 0.15) is 19.8 Å². The summed E-state index contributed by atoms with van der Waals surface area (Å²) in [7, 11) is 0. The summed E-state index contributed by atoms with van der Waals surface area (Å²) in [5.41, 5.74) is 0. The minimum atomic E-state index is 0.135. The monoisotopic (exact) mass is 238 g/mol. The van der Waals surface area contributed by atoms with Crippen molar-refractivity contribution in [3.05, 3.63) is 0 Å². The smallest absolute Gasteiger partial charge is 0.228 e. The van der Waals surface area contributed by atoms with Gasteiger partial charge in [0.15, 0.2) is 0 Å². The number of likely N-dealkylation sites (tertiary alicyclic amines) is 1. The summed E-state index contributed by atoms with van der Waals surface area (Å²) in [5.74, 6) is 1.86. The first kappa shape index (κ1) is 11.5. The van der Waals surface area contributed by atoms with Gasteiger partial charge >= 0.3 is 0 Å². The molecule has 3 rings (SSSR count). The molecule has 3 aliphatic heterocycles. The molecular formula is C13H22N2O2. The summed E-state index contributed by atoms with van der Waals surface area (Å²) in [6.07, 6.45) is 2.00. The van der Waals surface area contributed by atoms with E-state index < -0.39 is 0 Å². The van der Waals surface area contributed by atoms with Crippen molar-refractivity contribution in [2.75, 3.05) is 32.8 Å². The molecule has 3 aliphatic rings. The molecule has 4 heteroatoms. The van der Waals surface area contributed by atoms with Crippen molar-refractivity contribution in [3.8, 4) is 0 Å². The van der Waals surface area contributed by atoms with Crippen LogP contribution < -0.4 is 5.32 Å². The van der Waals surface area contributed by atoms with Crippen LogP contribution in [0, 0.1) is 17.8 Å². The second-order valence-electron chi connectivity index (χ2n) is 5.61. The number of carbonyl (C=O) groups is 1. The first-order valence-electron chi connectivity index (χ1n) is 6.90. The maximum atomic E-state index is 12.5. The lowest BCUT2D eigenvalue weighted by Crippen LogP contribution is -2.42. The van der Waals surface area contributed by atoms with Gasteiger partial charge in [-0.2, -0.15) is 0 Å². The summed E-state index contributed by atoms with van der Waals surface area (Å²) >= 11 is 0. The average Bonchev–Trinajstić information content (AvgIpc) is 3.03. The first-order chi connectivity index (χ1) is 8.31. The quantitative estimate of drug-likeness (QED) is 0.761. The van der Waals surface area contributed by atoms with E-state index >= 15 is 0 Å². The second-order valence-corrected chi connectivity index (χ2v) is 5.61. The van der Waals surface area contributed by atoms with E-state index in [9.17, 15) is 4.79 Å². The van der Waals surface area contributed by atoms with Gasteiger partial charge in [0.1, 0.15) is 0 Å². The zero-order chi connectivity index (χ0) is 11.8. The van der Waals surface area contributed by atoms with Crippen molar-refractivity contribution in [1.82, 2.24) is 10.2 Å². The molecule has 0 aromatic carbocycles. The molecule has 1 amide bonds. The van der Waals surface area contributed by atoms with E-state index in [4.69, 9.17) is 4.74 Å². The van der Waals surface area contributed by atoms with Gasteiger partial charge in [0.2, 0.25) is 5.91 Å². The largest absolute Gasteiger partial charge is 0.381 e. The number of hydrogen-bond donors (Lipinski definition) is 1. The fraction of sp³-hybridized carbons (Fsp3) is 0.923. The van der Waals surface area contributed by atoms with E-state index in [-0.39, 0.29) is 5.92 Å². The highest BCUT2D eigenvalue weighted by Crippen LogP contribution is 2.35. The molecule has 0 aromatic heterocycles. The van der Waals surface area contributed by atoms with Crippen molar-refractivity contribution in [2.24, 2.45) is 17.8 Å². The molecule has 1 N–H and O–H groups in total. The summed E-state index contributed by atoms with van der Waals surface area (Å²) < 4.78 is 5.34. The van der Waals surface area contributed by atoms with Crippen LogP contribution in [0.5, 0.6) is 0 Å². The van der Waals surface area contributed by atoms with Crippen molar-refractivity contribution < 1.29 is 9.53 Å². The molecule has 17 heavy (non-hydrogen) atoms. The Morgan fingerprint density at radius 3 is 3.06 bits per heavy atom. The van der Waals surface area contributed by atoms with Crippen LogP contribution in [0.15, 0.2) is 0 Å². The highest BCUT2D eigenvalue weighted by molar-refractivity contribution is 5.80. The Hall–Kier alpha value is -0.610. The van der Waals surface area contributed by atoms with E-state index in [0.717, 1.165) is 39.1 Å². The van der Waals surface area contributed by atoms with Gasteiger partial charge in [-0.3, -0.25) is 4.79 Å². The van der Waals surface area contributed by atoms with Crippen LogP contribution in [0.25, 0.3) is 0 Å². The lowest BCUT2D eigenvalue weighted by atomic mass is 9.92. The fourth-order valence-electron chi connectivity index (χ4n) is 3.76. The molecule has 4 unspecified atom stereocenters. The number of amides is 1. The molecule has 4 atom stereocenters. The lowest BCUT2D eigenvalue weighted by molar-refractivity contribution is -0.136. The Morgan fingerprint density at radius 2 is 2.35 bits per heavy atom. The number of ether oxygens (including phenoxy) is 1. The Kier molecular flexibility index (Phi) is 3.09. The van der Waals surface area contributed by atoms with Crippen molar-refractivity contribution >= 4 is 5.91 Å². The second kappa shape index (κ2) is 4.58. The number of nitrogens with zero attached hydrogens (tertiary/aromatic N) is 1. The van der Waals surface area contributed by atoms with Gasteiger partial charge in [0.05, 0.1) is 12.5 Å². The molecule has 4 nitrogen and oxygen atoms in total. The first-order valence-corrected chi connectivity index (χ1v) is 6.90. The highest BCUT2D eigenvalue weighted by atomic mass is 16.5. The van der Waals surface area contributed by atoms with Crippen molar-refractivity contribution in [2.45, 2.75) is 25.8 Å². The van der Waals surface area contributed by atoms with Gasteiger partial charge in [0, 0.05) is 32.3 Å². The molecule has 96 valence electrons. The number of nitrogens with one attached hydrogen (secondary N) is 1. The average molecular weight is 238 g/mol. The van der Waals surface area contributed by atoms with Crippen LogP contribution >= 0.6 is 0 Å². The van der Waals surface area contributed by atoms with Crippen molar-refractivity contribution in [3.63, 3.8) is 0 Å². The number of hydrogen-bond acceptors (Lipinski definition) is 3. The maximum Gasteiger partial charge on any atom is 0.228 e. The molecule has 3 heterocycles. The van der Waals surface area contributed by atoms with E-state index in [1.165, 1.54) is 0 Å². The third-order valence-corrected chi connectivity index (χ3v) is 4.70. The minimum absolute atomic E-state index is 0.135. The normalized spacial score (nSPS) is 40.9. The molecule has 0 aromatic rings. The predicted molar refractivity (Wildman–Crippen MR) is 64.6 cm³/mol. The van der Waals surface area contributed by atoms with Crippen LogP contribution in [-0.2, 0) is 9.53 Å². The molecule has 3 fully saturated rings. The van der Waals surface area contributed by atoms with Gasteiger partial charge in [-0.1, -0.05) is 6.92 Å². The number of fused-ring (bicyclic) bond motifs is 1. The molecule has 3 saturated heterocycles. The van der Waals surface area contributed by atoms with Gasteiger partial charge in [-0.05, 0) is 24.7 Å². The molecule has 0 saturated carbocycles. The van der Waals surface area contributed by atoms with Crippen LogP contribution in [-0.4, -0.2) is 49.7 Å². The minimum Gasteiger partial charge on any atom is -0.381 e. The third-order valence-electron chi connectivity index (χ3n) is 4.70. The Balaban J connectivity index is 1.72. The topological polar surface area (TPSA) is 41.6 Å². The van der Waals surface area contributed by atoms with E-state index in [1.54, 1.807) is 0 Å². The molecule has 0 aliphatic carbocycles. The van der Waals surface area contributed by atoms with Crippen LogP contribution in [0.2, 0.25) is 0 Å². The molecule has 0 radical (unpaired) electrons. The summed E-state index contributed by atoms with van der Waals surface area (Å²) in [6.45, 7) is 6.75. The van der Waals surface area contributed by atoms with Crippen molar-refractivity contribution in [1.29, 1.82) is 0 Å². The van der Waals surface area contributed by atoms with Crippen LogP contribution in [0.4, 0.5) is 0 Å². The van der Waals surface area contributed by atoms with Gasteiger partial charge in [-0.15, -0.1) is 0 Å². The summed E-state index contributed by atoms with van der Waals surface area (Å²) in [5, 5.41) is 3.45. The number of rotatable bonds is 2. The van der Waals surface area contributed by atoms with Gasteiger partial charge in [-0.25, -0.2) is 0 Å². The number of carbonyl (C=O) groups excluding carboxylic acids is 1. The van der Waals surface area contributed by atoms with E-state index in [1.807, 2.05) is 0 Å². The summed E-state index contributed by atoms with van der Waals surface area (Å²) in [4.78, 5) is 14.6. The Labute approximate surface area is 103 Å². The summed E-state index contributed by atoms with van der Waals surface area (Å²) in [6, 6.07) is 0.461. The van der Waals surface area contributed by atoms with Crippen LogP contribution in [0.3, 0.4) is 0 Å². The Bertz CT molecular complexity index is 302. The highest BCUT2D eigenvalue weighted by Gasteiger charge is 2.46. The maximum absolute atomic E-state index is 12.5. The zero-order valence-electron chi connectivity index (χ0n) is 10.5. The van der Waals surface area contributed by atoms with E-state index in [2.05, 4.69) is 17.1 Å². The molecule has 0 spiro atoms.